The summed E-state index contributed by atoms with van der Waals surface area (Å²) >= 11 is 0. The Balaban J connectivity index is 1.85. The van der Waals surface area contributed by atoms with Crippen molar-refractivity contribution in [1.82, 2.24) is 4.98 Å². The minimum Gasteiger partial charge on any atom is -0.495 e. The van der Waals surface area contributed by atoms with Gasteiger partial charge < -0.3 is 15.0 Å². The lowest BCUT2D eigenvalue weighted by atomic mass is 10.1. The number of para-hydroxylation sites is 1. The molecule has 1 amide bonds. The molecule has 7 nitrogen and oxygen atoms in total. The van der Waals surface area contributed by atoms with Crippen LogP contribution in [-0.4, -0.2) is 26.4 Å². The van der Waals surface area contributed by atoms with E-state index in [2.05, 4.69) is 10.3 Å². The highest BCUT2D eigenvalue weighted by Crippen LogP contribution is 2.27. The highest BCUT2D eigenvalue weighted by molar-refractivity contribution is 7.89. The van der Waals surface area contributed by atoms with Crippen LogP contribution in [0.2, 0.25) is 0 Å². The predicted molar refractivity (Wildman–Crippen MR) is 95.0 cm³/mol. The topological polar surface area (TPSA) is 114 Å². The Morgan fingerprint density at radius 2 is 2.00 bits per heavy atom. The molecule has 0 saturated heterocycles. The fourth-order valence-corrected chi connectivity index (χ4v) is 3.15. The van der Waals surface area contributed by atoms with Crippen molar-refractivity contribution in [3.05, 3.63) is 54.2 Å². The number of amides is 1. The van der Waals surface area contributed by atoms with E-state index in [1.807, 2.05) is 24.3 Å². The van der Waals surface area contributed by atoms with E-state index in [0.717, 1.165) is 16.5 Å². The van der Waals surface area contributed by atoms with Gasteiger partial charge in [-0.15, -0.1) is 0 Å². The van der Waals surface area contributed by atoms with Gasteiger partial charge in [0.1, 0.15) is 5.75 Å². The van der Waals surface area contributed by atoms with E-state index in [9.17, 15) is 13.2 Å². The van der Waals surface area contributed by atoms with Crippen LogP contribution in [0, 0.1) is 0 Å². The summed E-state index contributed by atoms with van der Waals surface area (Å²) in [7, 11) is -2.44. The number of nitrogens with two attached hydrogens (primary N) is 1. The number of carbonyl (C=O) groups excluding carboxylic acids is 1. The number of H-pyrrole nitrogens is 1. The molecular formula is C17H17N3O4S. The van der Waals surface area contributed by atoms with Crippen molar-refractivity contribution in [3.63, 3.8) is 0 Å². The molecular weight excluding hydrogens is 342 g/mol. The van der Waals surface area contributed by atoms with Gasteiger partial charge in [0.2, 0.25) is 15.9 Å². The average molecular weight is 359 g/mol. The first kappa shape index (κ1) is 17.0. The Bertz CT molecular complexity index is 1040. The lowest BCUT2D eigenvalue weighted by Crippen LogP contribution is -2.17. The number of hydrogen-bond acceptors (Lipinski definition) is 4. The van der Waals surface area contributed by atoms with Gasteiger partial charge >= 0.3 is 0 Å². The highest BCUT2D eigenvalue weighted by Gasteiger charge is 2.15. The number of aromatic amines is 1. The third kappa shape index (κ3) is 3.65. The van der Waals surface area contributed by atoms with Crippen LogP contribution in [0.1, 0.15) is 5.56 Å². The van der Waals surface area contributed by atoms with E-state index in [1.54, 1.807) is 6.20 Å². The van der Waals surface area contributed by atoms with E-state index in [1.165, 1.54) is 25.3 Å². The lowest BCUT2D eigenvalue weighted by molar-refractivity contribution is -0.115. The van der Waals surface area contributed by atoms with Gasteiger partial charge in [-0.2, -0.15) is 0 Å². The Hall–Kier alpha value is -2.84. The number of sulfonamides is 1. The zero-order valence-electron chi connectivity index (χ0n) is 13.4. The number of primary sulfonamides is 1. The van der Waals surface area contributed by atoms with Crippen LogP contribution in [0.3, 0.4) is 0 Å². The number of anilines is 1. The quantitative estimate of drug-likeness (QED) is 0.646. The average Bonchev–Trinajstić information content (AvgIpc) is 2.97. The molecule has 0 fully saturated rings. The number of ether oxygens (including phenoxy) is 1. The van der Waals surface area contributed by atoms with Crippen LogP contribution in [0.15, 0.2) is 53.6 Å². The molecule has 3 aromatic rings. The first-order chi connectivity index (χ1) is 11.9. The molecule has 130 valence electrons. The summed E-state index contributed by atoms with van der Waals surface area (Å²) in [6.07, 6.45) is 1.91. The van der Waals surface area contributed by atoms with E-state index < -0.39 is 10.0 Å². The monoisotopic (exact) mass is 359 g/mol. The van der Waals surface area contributed by atoms with Crippen LogP contribution < -0.4 is 15.2 Å². The number of aromatic nitrogens is 1. The van der Waals surface area contributed by atoms with Crippen molar-refractivity contribution >= 4 is 32.5 Å². The van der Waals surface area contributed by atoms with Crippen molar-refractivity contribution in [2.75, 3.05) is 12.4 Å². The Morgan fingerprint density at radius 3 is 2.72 bits per heavy atom. The maximum Gasteiger partial charge on any atom is 0.238 e. The molecule has 0 saturated carbocycles. The van der Waals surface area contributed by atoms with Gasteiger partial charge in [-0.3, -0.25) is 4.79 Å². The number of fused-ring (bicyclic) bond motifs is 1. The number of nitrogens with one attached hydrogen (secondary N) is 2. The maximum absolute atomic E-state index is 12.4. The van der Waals surface area contributed by atoms with Crippen LogP contribution in [0.5, 0.6) is 5.75 Å². The molecule has 0 aliphatic heterocycles. The summed E-state index contributed by atoms with van der Waals surface area (Å²) in [4.78, 5) is 15.4. The van der Waals surface area contributed by atoms with Gasteiger partial charge in [0.15, 0.2) is 0 Å². The van der Waals surface area contributed by atoms with Gasteiger partial charge in [0, 0.05) is 17.1 Å². The smallest absolute Gasteiger partial charge is 0.238 e. The number of rotatable bonds is 5. The molecule has 0 aliphatic rings. The summed E-state index contributed by atoms with van der Waals surface area (Å²) in [6.45, 7) is 0. The number of hydrogen-bond donors (Lipinski definition) is 3. The minimum atomic E-state index is -3.88. The molecule has 1 aromatic heterocycles. The van der Waals surface area contributed by atoms with Gasteiger partial charge in [-0.1, -0.05) is 18.2 Å². The van der Waals surface area contributed by atoms with E-state index in [0.29, 0.717) is 5.75 Å². The number of methoxy groups -OCH3 is 1. The largest absolute Gasteiger partial charge is 0.495 e. The summed E-state index contributed by atoms with van der Waals surface area (Å²) in [5, 5.41) is 8.77. The first-order valence-corrected chi connectivity index (χ1v) is 8.99. The molecule has 3 rings (SSSR count). The molecule has 0 spiro atoms. The third-order valence-electron chi connectivity index (χ3n) is 3.80. The molecule has 4 N–H and O–H groups in total. The van der Waals surface area contributed by atoms with E-state index >= 15 is 0 Å². The van der Waals surface area contributed by atoms with Crippen LogP contribution in [0.4, 0.5) is 5.69 Å². The summed E-state index contributed by atoms with van der Waals surface area (Å²) < 4.78 is 28.1. The van der Waals surface area contributed by atoms with Gasteiger partial charge in [0.05, 0.1) is 24.1 Å². The van der Waals surface area contributed by atoms with E-state index in [-0.39, 0.29) is 22.9 Å². The van der Waals surface area contributed by atoms with Crippen molar-refractivity contribution in [2.24, 2.45) is 5.14 Å². The second kappa shape index (κ2) is 6.58. The van der Waals surface area contributed by atoms with Crippen LogP contribution >= 0.6 is 0 Å². The maximum atomic E-state index is 12.4. The van der Waals surface area contributed by atoms with Crippen LogP contribution in [0.25, 0.3) is 10.9 Å². The van der Waals surface area contributed by atoms with Gasteiger partial charge in [0.25, 0.3) is 0 Å². The van der Waals surface area contributed by atoms with E-state index in [4.69, 9.17) is 9.88 Å². The molecule has 0 bridgehead atoms. The zero-order valence-corrected chi connectivity index (χ0v) is 14.3. The molecule has 0 aliphatic carbocycles. The summed E-state index contributed by atoms with van der Waals surface area (Å²) in [6, 6.07) is 11.7. The molecule has 0 unspecified atom stereocenters. The number of carbonyl (C=O) groups is 1. The molecule has 1 heterocycles. The first-order valence-electron chi connectivity index (χ1n) is 7.44. The minimum absolute atomic E-state index is 0.101. The normalized spacial score (nSPS) is 11.4. The van der Waals surface area contributed by atoms with Crippen molar-refractivity contribution in [3.8, 4) is 5.75 Å². The molecule has 0 radical (unpaired) electrons. The van der Waals surface area contributed by atoms with Crippen LogP contribution in [-0.2, 0) is 21.2 Å². The zero-order chi connectivity index (χ0) is 18.0. The fraction of sp³-hybridized carbons (Fsp3) is 0.118. The SMILES string of the molecule is COc1ccc(S(N)(=O)=O)cc1NC(=O)Cc1c[nH]c2ccccc12. The molecule has 0 atom stereocenters. The van der Waals surface area contributed by atoms with Gasteiger partial charge in [-0.05, 0) is 29.8 Å². The van der Waals surface area contributed by atoms with Crippen molar-refractivity contribution < 1.29 is 17.9 Å². The Morgan fingerprint density at radius 1 is 1.24 bits per heavy atom. The Labute approximate surface area is 144 Å². The summed E-state index contributed by atoms with van der Waals surface area (Å²) in [5.41, 5.74) is 2.03. The highest BCUT2D eigenvalue weighted by atomic mass is 32.2. The second-order valence-electron chi connectivity index (χ2n) is 5.49. The lowest BCUT2D eigenvalue weighted by Gasteiger charge is -2.11. The fourth-order valence-electron chi connectivity index (χ4n) is 2.61. The molecule has 2 aromatic carbocycles. The summed E-state index contributed by atoms with van der Waals surface area (Å²) in [5.74, 6) is 0.0503. The third-order valence-corrected chi connectivity index (χ3v) is 4.71. The second-order valence-corrected chi connectivity index (χ2v) is 7.05. The molecule has 8 heteroatoms. The van der Waals surface area contributed by atoms with Gasteiger partial charge in [-0.25, -0.2) is 13.6 Å². The standard InChI is InChI=1S/C17H17N3O4S/c1-24-16-7-6-12(25(18,22)23)9-15(16)20-17(21)8-11-10-19-14-5-3-2-4-13(11)14/h2-7,9-10,19H,8H2,1H3,(H,20,21)(H2,18,22,23). The molecule has 25 heavy (non-hydrogen) atoms. The predicted octanol–water partition coefficient (Wildman–Crippen LogP) is 2.01. The van der Waals surface area contributed by atoms with Crippen molar-refractivity contribution in [1.29, 1.82) is 0 Å². The number of benzene rings is 2. The Kier molecular flexibility index (Phi) is 4.47. The van der Waals surface area contributed by atoms with Crippen molar-refractivity contribution in [2.45, 2.75) is 11.3 Å².